The van der Waals surface area contributed by atoms with Crippen LogP contribution in [0.1, 0.15) is 48.4 Å². The van der Waals surface area contributed by atoms with E-state index in [1.807, 2.05) is 0 Å². The Bertz CT molecular complexity index is 322. The molecule has 0 amide bonds. The van der Waals surface area contributed by atoms with E-state index < -0.39 is 0 Å². The lowest BCUT2D eigenvalue weighted by molar-refractivity contribution is -0.694. The first-order valence-corrected chi connectivity index (χ1v) is 6.18. The first kappa shape index (κ1) is 10.7. The molecule has 82 valence electrons. The third kappa shape index (κ3) is 2.60. The Morgan fingerprint density at radius 3 is 2.73 bits per heavy atom. The van der Waals surface area contributed by atoms with E-state index in [0.717, 1.165) is 0 Å². The third-order valence-electron chi connectivity index (χ3n) is 3.63. The first-order chi connectivity index (χ1) is 7.27. The van der Waals surface area contributed by atoms with Crippen LogP contribution in [0.4, 0.5) is 0 Å². The lowest BCUT2D eigenvalue weighted by atomic mass is 9.98. The molecule has 1 atom stereocenters. The summed E-state index contributed by atoms with van der Waals surface area (Å²) in [5.74, 6) is 0. The summed E-state index contributed by atoms with van der Waals surface area (Å²) in [7, 11) is 0. The molecule has 0 aromatic heterocycles. The maximum Gasteiger partial charge on any atom is 0.112 e. The Morgan fingerprint density at radius 2 is 1.93 bits per heavy atom. The van der Waals surface area contributed by atoms with Crippen LogP contribution in [-0.2, 0) is 0 Å². The van der Waals surface area contributed by atoms with Gasteiger partial charge in [0.15, 0.2) is 0 Å². The summed E-state index contributed by atoms with van der Waals surface area (Å²) in [5, 5.41) is 2.52. The third-order valence-corrected chi connectivity index (χ3v) is 3.63. The average molecular weight is 204 g/mol. The molecule has 1 aliphatic heterocycles. The summed E-state index contributed by atoms with van der Waals surface area (Å²) in [4.78, 5) is 0. The van der Waals surface area contributed by atoms with Gasteiger partial charge in [0.05, 0.1) is 6.54 Å². The molecule has 1 aromatic rings. The van der Waals surface area contributed by atoms with E-state index in [1.165, 1.54) is 48.9 Å². The van der Waals surface area contributed by atoms with Crippen molar-refractivity contribution in [1.82, 2.24) is 0 Å². The van der Waals surface area contributed by atoms with E-state index in [1.54, 1.807) is 0 Å². The molecular weight excluding hydrogens is 182 g/mol. The topological polar surface area (TPSA) is 16.6 Å². The highest BCUT2D eigenvalue weighted by atomic mass is 14.9. The van der Waals surface area contributed by atoms with Crippen LogP contribution in [0.15, 0.2) is 18.2 Å². The number of rotatable bonds is 1. The summed E-state index contributed by atoms with van der Waals surface area (Å²) in [6.07, 6.45) is 5.55. The van der Waals surface area contributed by atoms with Crippen LogP contribution >= 0.6 is 0 Å². The van der Waals surface area contributed by atoms with E-state index in [-0.39, 0.29) is 0 Å². The van der Waals surface area contributed by atoms with Crippen molar-refractivity contribution in [1.29, 1.82) is 0 Å². The monoisotopic (exact) mass is 204 g/mol. The van der Waals surface area contributed by atoms with Crippen LogP contribution in [0, 0.1) is 13.8 Å². The molecule has 1 nitrogen and oxygen atoms in total. The van der Waals surface area contributed by atoms with E-state index in [0.29, 0.717) is 6.04 Å². The fraction of sp³-hybridized carbons (Fsp3) is 0.571. The molecular formula is C14H22N+. The summed E-state index contributed by atoms with van der Waals surface area (Å²) in [5.41, 5.74) is 4.37. The summed E-state index contributed by atoms with van der Waals surface area (Å²) in [6.45, 7) is 5.71. The van der Waals surface area contributed by atoms with Gasteiger partial charge in [0.1, 0.15) is 6.04 Å². The smallest absolute Gasteiger partial charge is 0.112 e. The second-order valence-electron chi connectivity index (χ2n) is 4.82. The number of hydrogen-bond donors (Lipinski definition) is 1. The van der Waals surface area contributed by atoms with Crippen LogP contribution in [0.5, 0.6) is 0 Å². The standard InChI is InChI=1S/C14H21N/c1-11-7-8-13(10-12(11)2)14-6-4-3-5-9-15-14/h7-8,10,14-15H,3-6,9H2,1-2H3/p+1/t14-/m1/s1. The van der Waals surface area contributed by atoms with Gasteiger partial charge in [-0.2, -0.15) is 0 Å². The van der Waals surface area contributed by atoms with Crippen molar-refractivity contribution < 1.29 is 5.32 Å². The fourth-order valence-electron chi connectivity index (χ4n) is 2.42. The molecule has 0 spiro atoms. The number of nitrogens with two attached hydrogens (primary N) is 1. The number of benzene rings is 1. The molecule has 1 heterocycles. The summed E-state index contributed by atoms with van der Waals surface area (Å²) in [6, 6.07) is 7.67. The predicted molar refractivity (Wildman–Crippen MR) is 63.9 cm³/mol. The number of hydrogen-bond acceptors (Lipinski definition) is 0. The maximum atomic E-state index is 2.52. The highest BCUT2D eigenvalue weighted by Crippen LogP contribution is 2.20. The molecule has 2 N–H and O–H groups in total. The van der Waals surface area contributed by atoms with Crippen LogP contribution in [0.2, 0.25) is 0 Å². The van der Waals surface area contributed by atoms with Crippen molar-refractivity contribution in [2.24, 2.45) is 0 Å². The van der Waals surface area contributed by atoms with Crippen molar-refractivity contribution in [2.45, 2.75) is 45.6 Å². The molecule has 0 aliphatic carbocycles. The normalized spacial score (nSPS) is 22.4. The Kier molecular flexibility index (Phi) is 3.42. The van der Waals surface area contributed by atoms with Gasteiger partial charge in [-0.3, -0.25) is 0 Å². The minimum Gasteiger partial charge on any atom is -0.340 e. The Labute approximate surface area is 92.9 Å². The Balaban J connectivity index is 2.16. The van der Waals surface area contributed by atoms with Crippen LogP contribution in [0.25, 0.3) is 0 Å². The largest absolute Gasteiger partial charge is 0.340 e. The minimum absolute atomic E-state index is 0.715. The van der Waals surface area contributed by atoms with Crippen LogP contribution in [0.3, 0.4) is 0 Å². The second-order valence-corrected chi connectivity index (χ2v) is 4.82. The molecule has 0 bridgehead atoms. The second kappa shape index (κ2) is 4.80. The highest BCUT2D eigenvalue weighted by molar-refractivity contribution is 5.30. The number of quaternary nitrogens is 1. The van der Waals surface area contributed by atoms with Gasteiger partial charge in [-0.1, -0.05) is 12.1 Å². The van der Waals surface area contributed by atoms with Gasteiger partial charge in [0, 0.05) is 12.0 Å². The molecule has 1 heteroatoms. The maximum absolute atomic E-state index is 2.52. The van der Waals surface area contributed by atoms with Gasteiger partial charge in [0.25, 0.3) is 0 Å². The molecule has 0 unspecified atom stereocenters. The van der Waals surface area contributed by atoms with Gasteiger partial charge in [-0.05, 0) is 50.3 Å². The van der Waals surface area contributed by atoms with Gasteiger partial charge >= 0.3 is 0 Å². The molecule has 2 rings (SSSR count). The van der Waals surface area contributed by atoms with E-state index in [9.17, 15) is 0 Å². The Morgan fingerprint density at radius 1 is 1.07 bits per heavy atom. The van der Waals surface area contributed by atoms with E-state index in [2.05, 4.69) is 37.4 Å². The zero-order valence-electron chi connectivity index (χ0n) is 9.92. The van der Waals surface area contributed by atoms with E-state index in [4.69, 9.17) is 0 Å². The summed E-state index contributed by atoms with van der Waals surface area (Å²) < 4.78 is 0. The van der Waals surface area contributed by atoms with Crippen molar-refractivity contribution in [3.8, 4) is 0 Å². The van der Waals surface area contributed by atoms with Crippen LogP contribution in [-0.4, -0.2) is 6.54 Å². The van der Waals surface area contributed by atoms with Gasteiger partial charge < -0.3 is 5.32 Å². The lowest BCUT2D eigenvalue weighted by Gasteiger charge is -2.14. The molecule has 1 aromatic carbocycles. The van der Waals surface area contributed by atoms with Crippen molar-refractivity contribution in [3.63, 3.8) is 0 Å². The van der Waals surface area contributed by atoms with Crippen molar-refractivity contribution >= 4 is 0 Å². The first-order valence-electron chi connectivity index (χ1n) is 6.18. The van der Waals surface area contributed by atoms with Crippen molar-refractivity contribution in [2.75, 3.05) is 6.54 Å². The molecule has 0 saturated carbocycles. The molecule has 1 fully saturated rings. The quantitative estimate of drug-likeness (QED) is 0.724. The zero-order valence-corrected chi connectivity index (χ0v) is 9.92. The fourth-order valence-corrected chi connectivity index (χ4v) is 2.42. The SMILES string of the molecule is Cc1ccc([C@H]2CCCCC[NH2+]2)cc1C. The molecule has 1 saturated heterocycles. The van der Waals surface area contributed by atoms with Gasteiger partial charge in [-0.25, -0.2) is 0 Å². The highest BCUT2D eigenvalue weighted by Gasteiger charge is 2.17. The van der Waals surface area contributed by atoms with Gasteiger partial charge in [-0.15, -0.1) is 0 Å². The predicted octanol–water partition coefficient (Wildman–Crippen LogP) is 2.48. The number of aryl methyl sites for hydroxylation is 2. The average Bonchev–Trinajstić information content (AvgIpc) is 2.50. The van der Waals surface area contributed by atoms with Crippen LogP contribution < -0.4 is 5.32 Å². The summed E-state index contributed by atoms with van der Waals surface area (Å²) >= 11 is 0. The molecule has 0 radical (unpaired) electrons. The Hall–Kier alpha value is -0.820. The lowest BCUT2D eigenvalue weighted by Crippen LogP contribution is -2.84. The molecule has 15 heavy (non-hydrogen) atoms. The van der Waals surface area contributed by atoms with Crippen molar-refractivity contribution in [3.05, 3.63) is 34.9 Å². The molecule has 1 aliphatic rings. The minimum atomic E-state index is 0.715. The van der Waals surface area contributed by atoms with E-state index >= 15 is 0 Å². The zero-order chi connectivity index (χ0) is 10.7. The van der Waals surface area contributed by atoms with Gasteiger partial charge in [0.2, 0.25) is 0 Å².